The molecule has 2 N–H and O–H groups in total. The maximum absolute atomic E-state index is 12.3. The van der Waals surface area contributed by atoms with E-state index in [1.807, 2.05) is 48.5 Å². The summed E-state index contributed by atoms with van der Waals surface area (Å²) in [6.45, 7) is 0.471. The summed E-state index contributed by atoms with van der Waals surface area (Å²) in [6, 6.07) is 15.5. The van der Waals surface area contributed by atoms with Crippen LogP contribution in [-0.2, 0) is 6.54 Å². The lowest BCUT2D eigenvalue weighted by Crippen LogP contribution is -2.22. The molecule has 0 bridgehead atoms. The number of aromatic amines is 1. The van der Waals surface area contributed by atoms with Crippen molar-refractivity contribution in [3.8, 4) is 0 Å². The topological polar surface area (TPSA) is 58.0 Å². The second-order valence-corrected chi connectivity index (χ2v) is 6.31. The lowest BCUT2D eigenvalue weighted by molar-refractivity contribution is 0.0947. The Balaban J connectivity index is 1.51. The number of aromatic nitrogens is 1. The van der Waals surface area contributed by atoms with Gasteiger partial charge < -0.3 is 14.7 Å². The molecule has 0 unspecified atom stereocenters. The van der Waals surface area contributed by atoms with Crippen molar-refractivity contribution in [2.75, 3.05) is 0 Å². The van der Waals surface area contributed by atoms with Crippen LogP contribution in [0.2, 0.25) is 0 Å². The van der Waals surface area contributed by atoms with Crippen molar-refractivity contribution in [3.63, 3.8) is 0 Å². The molecule has 0 aliphatic carbocycles. The Hall–Kier alpha value is -2.53. The number of furan rings is 1. The first-order valence-corrected chi connectivity index (χ1v) is 8.01. The first-order chi connectivity index (χ1) is 11.2. The van der Waals surface area contributed by atoms with Crippen LogP contribution in [0.4, 0.5) is 0 Å². The lowest BCUT2D eigenvalue weighted by atomic mass is 10.1. The average Bonchev–Trinajstić information content (AvgIpc) is 3.17. The highest BCUT2D eigenvalue weighted by Gasteiger charge is 2.09. The first kappa shape index (κ1) is 14.1. The van der Waals surface area contributed by atoms with Gasteiger partial charge in [0.05, 0.1) is 6.26 Å². The molecule has 4 rings (SSSR count). The molecular weight excluding hydrogens is 356 g/mol. The Morgan fingerprint density at radius 3 is 2.91 bits per heavy atom. The van der Waals surface area contributed by atoms with Gasteiger partial charge in [-0.1, -0.05) is 22.0 Å². The third-order valence-electron chi connectivity index (χ3n) is 3.80. The summed E-state index contributed by atoms with van der Waals surface area (Å²) in [6.07, 6.45) is 1.66. The standard InChI is InChI=1S/C18H13BrN2O2/c19-14-2-3-15-13(8-14)9-16(21-15)18(22)20-10-11-1-4-17-12(7-11)5-6-23-17/h1-9,21H,10H2,(H,20,22). The number of H-pyrrole nitrogens is 1. The van der Waals surface area contributed by atoms with Crippen LogP contribution in [0.15, 0.2) is 63.7 Å². The smallest absolute Gasteiger partial charge is 0.267 e. The molecule has 0 spiro atoms. The maximum Gasteiger partial charge on any atom is 0.267 e. The van der Waals surface area contributed by atoms with Gasteiger partial charge in [0, 0.05) is 27.3 Å². The molecule has 4 nitrogen and oxygen atoms in total. The number of hydrogen-bond acceptors (Lipinski definition) is 2. The fourth-order valence-electron chi connectivity index (χ4n) is 2.63. The van der Waals surface area contributed by atoms with Crippen molar-refractivity contribution in [2.24, 2.45) is 0 Å². The van der Waals surface area contributed by atoms with E-state index in [-0.39, 0.29) is 5.91 Å². The van der Waals surface area contributed by atoms with Crippen molar-refractivity contribution < 1.29 is 9.21 Å². The zero-order chi connectivity index (χ0) is 15.8. The summed E-state index contributed by atoms with van der Waals surface area (Å²) < 4.78 is 6.31. The fourth-order valence-corrected chi connectivity index (χ4v) is 3.01. The summed E-state index contributed by atoms with van der Waals surface area (Å²) in [4.78, 5) is 15.5. The minimum absolute atomic E-state index is 0.121. The number of fused-ring (bicyclic) bond motifs is 2. The number of benzene rings is 2. The molecule has 0 radical (unpaired) electrons. The van der Waals surface area contributed by atoms with Gasteiger partial charge in [-0.05, 0) is 48.0 Å². The molecule has 2 aromatic heterocycles. The molecule has 0 saturated heterocycles. The number of rotatable bonds is 3. The number of amides is 1. The highest BCUT2D eigenvalue weighted by atomic mass is 79.9. The zero-order valence-corrected chi connectivity index (χ0v) is 13.7. The molecule has 2 aromatic carbocycles. The summed E-state index contributed by atoms with van der Waals surface area (Å²) in [5.74, 6) is -0.121. The minimum atomic E-state index is -0.121. The number of carbonyl (C=O) groups is 1. The van der Waals surface area contributed by atoms with Crippen molar-refractivity contribution in [2.45, 2.75) is 6.54 Å². The van der Waals surface area contributed by atoms with E-state index in [2.05, 4.69) is 26.2 Å². The summed E-state index contributed by atoms with van der Waals surface area (Å²) >= 11 is 3.43. The van der Waals surface area contributed by atoms with E-state index in [1.165, 1.54) is 0 Å². The molecule has 114 valence electrons. The Morgan fingerprint density at radius 2 is 2.00 bits per heavy atom. The monoisotopic (exact) mass is 368 g/mol. The van der Waals surface area contributed by atoms with Crippen LogP contribution in [0.25, 0.3) is 21.9 Å². The first-order valence-electron chi connectivity index (χ1n) is 7.22. The third kappa shape index (κ3) is 2.75. The van der Waals surface area contributed by atoms with Gasteiger partial charge in [-0.3, -0.25) is 4.79 Å². The average molecular weight is 369 g/mol. The van der Waals surface area contributed by atoms with E-state index in [4.69, 9.17) is 4.42 Å². The van der Waals surface area contributed by atoms with Crippen molar-refractivity contribution in [1.29, 1.82) is 0 Å². The Labute approximate surface area is 140 Å². The zero-order valence-electron chi connectivity index (χ0n) is 12.1. The van der Waals surface area contributed by atoms with Crippen molar-refractivity contribution >= 4 is 43.7 Å². The minimum Gasteiger partial charge on any atom is -0.464 e. The van der Waals surface area contributed by atoms with Crippen LogP contribution in [0.1, 0.15) is 16.1 Å². The maximum atomic E-state index is 12.3. The van der Waals surface area contributed by atoms with Gasteiger partial charge in [-0.25, -0.2) is 0 Å². The van der Waals surface area contributed by atoms with Crippen LogP contribution in [0.5, 0.6) is 0 Å². The number of halogens is 1. The molecule has 0 atom stereocenters. The van der Waals surface area contributed by atoms with E-state index >= 15 is 0 Å². The normalized spacial score (nSPS) is 11.2. The van der Waals surface area contributed by atoms with Crippen LogP contribution in [0, 0.1) is 0 Å². The van der Waals surface area contributed by atoms with Crippen LogP contribution in [-0.4, -0.2) is 10.9 Å². The molecular formula is C18H13BrN2O2. The second-order valence-electron chi connectivity index (χ2n) is 5.39. The van der Waals surface area contributed by atoms with E-state index in [0.29, 0.717) is 12.2 Å². The largest absolute Gasteiger partial charge is 0.464 e. The molecule has 0 fully saturated rings. The number of carbonyl (C=O) groups excluding carboxylic acids is 1. The van der Waals surface area contributed by atoms with Gasteiger partial charge in [0.2, 0.25) is 0 Å². The molecule has 23 heavy (non-hydrogen) atoms. The van der Waals surface area contributed by atoms with Gasteiger partial charge >= 0.3 is 0 Å². The summed E-state index contributed by atoms with van der Waals surface area (Å²) in [5, 5.41) is 4.97. The Morgan fingerprint density at radius 1 is 1.09 bits per heavy atom. The predicted molar refractivity (Wildman–Crippen MR) is 93.4 cm³/mol. The van der Waals surface area contributed by atoms with Crippen LogP contribution < -0.4 is 5.32 Å². The molecule has 4 aromatic rings. The second kappa shape index (κ2) is 5.59. The van der Waals surface area contributed by atoms with Crippen LogP contribution >= 0.6 is 15.9 Å². The van der Waals surface area contributed by atoms with Gasteiger partial charge in [0.15, 0.2) is 0 Å². The molecule has 0 saturated carbocycles. The predicted octanol–water partition coefficient (Wildman–Crippen LogP) is 4.61. The fraction of sp³-hybridized carbons (Fsp3) is 0.0556. The third-order valence-corrected chi connectivity index (χ3v) is 4.29. The Bertz CT molecular complexity index is 1020. The molecule has 0 aliphatic heterocycles. The molecule has 0 aliphatic rings. The van der Waals surface area contributed by atoms with Gasteiger partial charge in [-0.2, -0.15) is 0 Å². The summed E-state index contributed by atoms with van der Waals surface area (Å²) in [5.41, 5.74) is 3.38. The van der Waals surface area contributed by atoms with Crippen molar-refractivity contribution in [3.05, 3.63) is 70.5 Å². The van der Waals surface area contributed by atoms with E-state index < -0.39 is 0 Å². The Kier molecular flexibility index (Phi) is 3.42. The van der Waals surface area contributed by atoms with E-state index in [0.717, 1.165) is 31.9 Å². The van der Waals surface area contributed by atoms with E-state index in [9.17, 15) is 4.79 Å². The molecule has 2 heterocycles. The molecule has 5 heteroatoms. The highest BCUT2D eigenvalue weighted by Crippen LogP contribution is 2.21. The van der Waals surface area contributed by atoms with Gasteiger partial charge in [0.1, 0.15) is 11.3 Å². The van der Waals surface area contributed by atoms with Gasteiger partial charge in [-0.15, -0.1) is 0 Å². The molecule has 1 amide bonds. The van der Waals surface area contributed by atoms with Crippen LogP contribution in [0.3, 0.4) is 0 Å². The van der Waals surface area contributed by atoms with Crippen molar-refractivity contribution in [1.82, 2.24) is 10.3 Å². The number of nitrogens with one attached hydrogen (secondary N) is 2. The highest BCUT2D eigenvalue weighted by molar-refractivity contribution is 9.10. The summed E-state index contributed by atoms with van der Waals surface area (Å²) in [7, 11) is 0. The quantitative estimate of drug-likeness (QED) is 0.554. The van der Waals surface area contributed by atoms with E-state index in [1.54, 1.807) is 6.26 Å². The SMILES string of the molecule is O=C(NCc1ccc2occc2c1)c1cc2cc(Br)ccc2[nH]1. The lowest BCUT2D eigenvalue weighted by Gasteiger charge is -2.04. The number of hydrogen-bond donors (Lipinski definition) is 2. The van der Waals surface area contributed by atoms with Gasteiger partial charge in [0.25, 0.3) is 5.91 Å².